The Kier molecular flexibility index (Phi) is 4.51. The van der Waals surface area contributed by atoms with Crippen LogP contribution < -0.4 is 5.32 Å². The molecule has 19 heavy (non-hydrogen) atoms. The van der Waals surface area contributed by atoms with Gasteiger partial charge in [-0.1, -0.05) is 15.9 Å². The molecule has 0 atom stereocenters. The summed E-state index contributed by atoms with van der Waals surface area (Å²) in [5.74, 6) is -8.67. The number of halogens is 5. The van der Waals surface area contributed by atoms with Crippen molar-refractivity contribution < 1.29 is 32.3 Å². The van der Waals surface area contributed by atoms with Crippen LogP contribution in [-0.2, 0) is 4.79 Å². The van der Waals surface area contributed by atoms with Crippen molar-refractivity contribution in [2.75, 3.05) is 5.32 Å². The number of carbonyl (C=O) groups excluding carboxylic acids is 1. The van der Waals surface area contributed by atoms with Crippen molar-refractivity contribution in [3.63, 3.8) is 0 Å². The highest BCUT2D eigenvalue weighted by molar-refractivity contribution is 9.10. The van der Waals surface area contributed by atoms with Crippen LogP contribution in [-0.4, -0.2) is 29.3 Å². The zero-order valence-corrected chi connectivity index (χ0v) is 10.5. The molecule has 0 aliphatic heterocycles. The van der Waals surface area contributed by atoms with Gasteiger partial charge in [0.2, 0.25) is 0 Å². The first kappa shape index (κ1) is 15.4. The van der Waals surface area contributed by atoms with Crippen LogP contribution in [0.25, 0.3) is 0 Å². The predicted octanol–water partition coefficient (Wildman–Crippen LogP) is 2.99. The van der Waals surface area contributed by atoms with E-state index in [9.17, 15) is 27.2 Å². The Morgan fingerprint density at radius 2 is 1.89 bits per heavy atom. The predicted molar refractivity (Wildman–Crippen MR) is 60.7 cm³/mol. The lowest BCUT2D eigenvalue weighted by Gasteiger charge is -2.15. The molecular formula is C10H6BrF4NO3. The number of hydrogen-bond donors (Lipinski definition) is 2. The fourth-order valence-electron chi connectivity index (χ4n) is 1.11. The third-order valence-electron chi connectivity index (χ3n) is 2.04. The van der Waals surface area contributed by atoms with E-state index in [0.717, 1.165) is 12.1 Å². The first-order valence-corrected chi connectivity index (χ1v) is 5.45. The highest BCUT2D eigenvalue weighted by Crippen LogP contribution is 2.27. The molecule has 1 aromatic carbocycles. The SMILES string of the molecule is O=C(O)c1cc(Br)ccc1NC(=O)C(F)(F)C(F)F. The molecule has 0 heterocycles. The summed E-state index contributed by atoms with van der Waals surface area (Å²) in [5.41, 5.74) is -1.01. The molecule has 4 nitrogen and oxygen atoms in total. The Hall–Kier alpha value is -1.64. The number of carboxylic acids is 1. The topological polar surface area (TPSA) is 66.4 Å². The van der Waals surface area contributed by atoms with Crippen LogP contribution >= 0.6 is 15.9 Å². The van der Waals surface area contributed by atoms with Crippen LogP contribution in [0.15, 0.2) is 22.7 Å². The molecule has 0 saturated heterocycles. The third kappa shape index (κ3) is 3.43. The molecule has 0 spiro atoms. The lowest BCUT2D eigenvalue weighted by Crippen LogP contribution is -2.41. The van der Waals surface area contributed by atoms with Gasteiger partial charge in [-0.05, 0) is 18.2 Å². The summed E-state index contributed by atoms with van der Waals surface area (Å²) in [7, 11) is 0. The fourth-order valence-corrected chi connectivity index (χ4v) is 1.47. The Labute approximate surface area is 112 Å². The molecule has 0 aliphatic rings. The molecule has 0 radical (unpaired) electrons. The van der Waals surface area contributed by atoms with Crippen molar-refractivity contribution in [1.82, 2.24) is 0 Å². The number of hydrogen-bond acceptors (Lipinski definition) is 2. The first-order valence-electron chi connectivity index (χ1n) is 4.66. The molecule has 0 unspecified atom stereocenters. The lowest BCUT2D eigenvalue weighted by atomic mass is 10.1. The normalized spacial score (nSPS) is 11.5. The summed E-state index contributed by atoms with van der Waals surface area (Å²) in [6, 6.07) is 3.31. The van der Waals surface area contributed by atoms with Crippen molar-refractivity contribution >= 4 is 33.5 Å². The lowest BCUT2D eigenvalue weighted by molar-refractivity contribution is -0.163. The largest absolute Gasteiger partial charge is 0.478 e. The molecular weight excluding hydrogens is 338 g/mol. The molecule has 9 heteroatoms. The smallest absolute Gasteiger partial charge is 0.383 e. The number of nitrogens with one attached hydrogen (secondary N) is 1. The Morgan fingerprint density at radius 1 is 1.32 bits per heavy atom. The van der Waals surface area contributed by atoms with Gasteiger partial charge in [0.15, 0.2) is 0 Å². The highest BCUT2D eigenvalue weighted by Gasteiger charge is 2.49. The first-order chi connectivity index (χ1) is 8.66. The van der Waals surface area contributed by atoms with Crippen LogP contribution in [0.2, 0.25) is 0 Å². The fraction of sp³-hybridized carbons (Fsp3) is 0.200. The zero-order chi connectivity index (χ0) is 14.8. The van der Waals surface area contributed by atoms with E-state index >= 15 is 0 Å². The quantitative estimate of drug-likeness (QED) is 0.826. The number of anilines is 1. The Morgan fingerprint density at radius 3 is 2.37 bits per heavy atom. The second-order valence-corrected chi connectivity index (χ2v) is 4.29. The van der Waals surface area contributed by atoms with Gasteiger partial charge >= 0.3 is 24.2 Å². The maximum Gasteiger partial charge on any atom is 0.383 e. The number of benzene rings is 1. The van der Waals surface area contributed by atoms with E-state index in [4.69, 9.17) is 5.11 Å². The van der Waals surface area contributed by atoms with Gasteiger partial charge in [0, 0.05) is 4.47 Å². The summed E-state index contributed by atoms with van der Waals surface area (Å²) in [5, 5.41) is 10.3. The van der Waals surface area contributed by atoms with E-state index < -0.39 is 35.5 Å². The van der Waals surface area contributed by atoms with Gasteiger partial charge in [-0.25, -0.2) is 13.6 Å². The molecule has 1 rings (SSSR count). The minimum absolute atomic E-state index is 0.323. The van der Waals surface area contributed by atoms with E-state index in [-0.39, 0.29) is 0 Å². The molecule has 1 aromatic rings. The van der Waals surface area contributed by atoms with Gasteiger partial charge in [0.25, 0.3) is 0 Å². The van der Waals surface area contributed by atoms with Gasteiger partial charge in [-0.3, -0.25) is 4.79 Å². The molecule has 0 aliphatic carbocycles. The Bertz CT molecular complexity index is 521. The van der Waals surface area contributed by atoms with Crippen LogP contribution in [0.4, 0.5) is 23.2 Å². The molecule has 0 bridgehead atoms. The van der Waals surface area contributed by atoms with Crippen LogP contribution in [0.3, 0.4) is 0 Å². The summed E-state index contributed by atoms with van der Waals surface area (Å²) < 4.78 is 49.7. The minimum Gasteiger partial charge on any atom is -0.478 e. The number of rotatable bonds is 4. The average molecular weight is 344 g/mol. The molecule has 0 aromatic heterocycles. The van der Waals surface area contributed by atoms with Gasteiger partial charge < -0.3 is 10.4 Å². The zero-order valence-electron chi connectivity index (χ0n) is 8.96. The molecule has 0 saturated carbocycles. The van der Waals surface area contributed by atoms with E-state index in [0.29, 0.717) is 4.47 Å². The summed E-state index contributed by atoms with van der Waals surface area (Å²) in [4.78, 5) is 21.8. The number of amides is 1. The van der Waals surface area contributed by atoms with Crippen molar-refractivity contribution in [3.8, 4) is 0 Å². The second-order valence-electron chi connectivity index (χ2n) is 3.37. The number of aromatic carboxylic acids is 1. The number of carboxylic acid groups (broad SMARTS) is 1. The van der Waals surface area contributed by atoms with E-state index in [2.05, 4.69) is 15.9 Å². The molecule has 2 N–H and O–H groups in total. The maximum absolute atomic E-state index is 12.7. The molecule has 104 valence electrons. The van der Waals surface area contributed by atoms with Crippen molar-refractivity contribution in [2.45, 2.75) is 12.3 Å². The number of carbonyl (C=O) groups is 2. The van der Waals surface area contributed by atoms with Gasteiger partial charge in [-0.2, -0.15) is 8.78 Å². The van der Waals surface area contributed by atoms with E-state index in [1.807, 2.05) is 0 Å². The Balaban J connectivity index is 3.07. The van der Waals surface area contributed by atoms with Gasteiger partial charge in [0.05, 0.1) is 11.3 Å². The van der Waals surface area contributed by atoms with E-state index in [1.165, 1.54) is 11.4 Å². The van der Waals surface area contributed by atoms with E-state index in [1.54, 1.807) is 0 Å². The van der Waals surface area contributed by atoms with Crippen molar-refractivity contribution in [3.05, 3.63) is 28.2 Å². The second kappa shape index (κ2) is 5.55. The minimum atomic E-state index is -4.90. The standard InChI is InChI=1S/C10H6BrF4NO3/c11-4-1-2-6(5(3-4)7(17)18)16-9(19)10(14,15)8(12)13/h1-3,8H,(H,16,19)(H,17,18). The highest BCUT2D eigenvalue weighted by atomic mass is 79.9. The van der Waals surface area contributed by atoms with Crippen LogP contribution in [0.1, 0.15) is 10.4 Å². The monoisotopic (exact) mass is 343 g/mol. The molecule has 0 fully saturated rings. The summed E-state index contributed by atoms with van der Waals surface area (Å²) in [6.45, 7) is 0. The third-order valence-corrected chi connectivity index (χ3v) is 2.53. The van der Waals surface area contributed by atoms with Crippen LogP contribution in [0.5, 0.6) is 0 Å². The van der Waals surface area contributed by atoms with Crippen molar-refractivity contribution in [1.29, 1.82) is 0 Å². The van der Waals surface area contributed by atoms with Gasteiger partial charge in [-0.15, -0.1) is 0 Å². The van der Waals surface area contributed by atoms with Crippen LogP contribution in [0, 0.1) is 0 Å². The van der Waals surface area contributed by atoms with Crippen molar-refractivity contribution in [2.24, 2.45) is 0 Å². The average Bonchev–Trinajstić information content (AvgIpc) is 2.30. The molecule has 1 amide bonds. The maximum atomic E-state index is 12.7. The summed E-state index contributed by atoms with van der Waals surface area (Å²) >= 11 is 2.95. The summed E-state index contributed by atoms with van der Waals surface area (Å²) in [6.07, 6.45) is -4.18. The van der Waals surface area contributed by atoms with Gasteiger partial charge in [0.1, 0.15) is 0 Å². The number of alkyl halides is 4.